The molecule has 17 heavy (non-hydrogen) atoms. The van der Waals surface area contributed by atoms with Crippen LogP contribution in [0.2, 0.25) is 0 Å². The first-order valence-electron chi connectivity index (χ1n) is 5.86. The van der Waals surface area contributed by atoms with Crippen LogP contribution in [0, 0.1) is 0 Å². The Hall–Kier alpha value is -0.650. The van der Waals surface area contributed by atoms with E-state index in [1.54, 1.807) is 0 Å². The van der Waals surface area contributed by atoms with Crippen LogP contribution in [-0.4, -0.2) is 27.6 Å². The van der Waals surface area contributed by atoms with Gasteiger partial charge in [0.25, 0.3) is 0 Å². The average Bonchev–Trinajstić information content (AvgIpc) is 2.92. The minimum atomic E-state index is -0.529. The molecule has 98 valence electrons. The number of aromatic nitrogens is 2. The molecule has 0 aromatic carbocycles. The van der Waals surface area contributed by atoms with E-state index >= 15 is 0 Å². The van der Waals surface area contributed by atoms with Gasteiger partial charge in [0.15, 0.2) is 5.82 Å². The molecule has 0 spiro atoms. The highest BCUT2D eigenvalue weighted by atomic mass is 35.5. The highest BCUT2D eigenvalue weighted by Gasteiger charge is 2.29. The van der Waals surface area contributed by atoms with Gasteiger partial charge in [0.05, 0.1) is 12.1 Å². The highest BCUT2D eigenvalue weighted by molar-refractivity contribution is 5.85. The van der Waals surface area contributed by atoms with Crippen LogP contribution >= 0.6 is 12.4 Å². The lowest BCUT2D eigenvalue weighted by Gasteiger charge is -2.16. The van der Waals surface area contributed by atoms with Gasteiger partial charge in [0.1, 0.15) is 0 Å². The number of hydrogen-bond acceptors (Lipinski definition) is 5. The molecule has 1 aromatic heterocycles. The second kappa shape index (κ2) is 5.33. The van der Waals surface area contributed by atoms with Crippen molar-refractivity contribution in [3.63, 3.8) is 0 Å². The molecule has 0 saturated heterocycles. The Labute approximate surface area is 108 Å². The Morgan fingerprint density at radius 3 is 2.53 bits per heavy atom. The smallest absolute Gasteiger partial charge is 0.240 e. The number of rotatable bonds is 5. The molecular weight excluding hydrogens is 240 g/mol. The van der Waals surface area contributed by atoms with Crippen LogP contribution in [0.1, 0.15) is 45.3 Å². The third-order valence-electron chi connectivity index (χ3n) is 2.85. The Balaban J connectivity index is 0.00000144. The predicted molar refractivity (Wildman–Crippen MR) is 67.9 cm³/mol. The van der Waals surface area contributed by atoms with Gasteiger partial charge in [0.2, 0.25) is 5.89 Å². The number of nitrogens with zero attached hydrogens (tertiary/aromatic N) is 3. The average molecular weight is 261 g/mol. The van der Waals surface area contributed by atoms with Gasteiger partial charge in [-0.3, -0.25) is 4.90 Å². The van der Waals surface area contributed by atoms with Gasteiger partial charge in [0, 0.05) is 6.04 Å². The van der Waals surface area contributed by atoms with E-state index in [1.165, 1.54) is 12.8 Å². The largest absolute Gasteiger partial charge is 0.338 e. The zero-order valence-electron chi connectivity index (χ0n) is 10.6. The summed E-state index contributed by atoms with van der Waals surface area (Å²) in [6.45, 7) is 7.67. The Morgan fingerprint density at radius 1 is 1.47 bits per heavy atom. The molecule has 0 aliphatic heterocycles. The van der Waals surface area contributed by atoms with Crippen molar-refractivity contribution in [3.05, 3.63) is 11.7 Å². The Morgan fingerprint density at radius 2 is 2.12 bits per heavy atom. The fourth-order valence-corrected chi connectivity index (χ4v) is 1.69. The van der Waals surface area contributed by atoms with E-state index in [0.717, 1.165) is 13.1 Å². The van der Waals surface area contributed by atoms with Gasteiger partial charge in [-0.05, 0) is 33.2 Å². The first-order valence-corrected chi connectivity index (χ1v) is 5.86. The number of nitrogens with two attached hydrogens (primary N) is 1. The number of hydrogen-bond donors (Lipinski definition) is 1. The highest BCUT2D eigenvalue weighted by Crippen LogP contribution is 2.27. The van der Waals surface area contributed by atoms with Gasteiger partial charge in [-0.2, -0.15) is 4.98 Å². The van der Waals surface area contributed by atoms with Gasteiger partial charge in [-0.1, -0.05) is 12.1 Å². The van der Waals surface area contributed by atoms with Crippen molar-refractivity contribution in [3.8, 4) is 0 Å². The van der Waals surface area contributed by atoms with Crippen LogP contribution in [0.4, 0.5) is 0 Å². The fraction of sp³-hybridized carbons (Fsp3) is 0.818. The summed E-state index contributed by atoms with van der Waals surface area (Å²) in [5.41, 5.74) is 5.38. The van der Waals surface area contributed by atoms with Crippen LogP contribution in [0.15, 0.2) is 4.52 Å². The van der Waals surface area contributed by atoms with Crippen LogP contribution in [-0.2, 0) is 12.1 Å². The molecule has 2 rings (SSSR count). The van der Waals surface area contributed by atoms with Crippen molar-refractivity contribution < 1.29 is 4.52 Å². The third-order valence-corrected chi connectivity index (χ3v) is 2.85. The van der Waals surface area contributed by atoms with E-state index in [1.807, 2.05) is 13.8 Å². The zero-order valence-corrected chi connectivity index (χ0v) is 11.5. The summed E-state index contributed by atoms with van der Waals surface area (Å²) in [5, 5.41) is 3.92. The summed E-state index contributed by atoms with van der Waals surface area (Å²) in [4.78, 5) is 6.70. The summed E-state index contributed by atoms with van der Waals surface area (Å²) < 4.78 is 5.22. The van der Waals surface area contributed by atoms with E-state index in [2.05, 4.69) is 22.0 Å². The van der Waals surface area contributed by atoms with Gasteiger partial charge >= 0.3 is 0 Å². The molecule has 0 bridgehead atoms. The molecule has 6 heteroatoms. The first kappa shape index (κ1) is 14.4. The molecule has 1 fully saturated rings. The maximum Gasteiger partial charge on any atom is 0.240 e. The van der Waals surface area contributed by atoms with Crippen LogP contribution in [0.5, 0.6) is 0 Å². The minimum absolute atomic E-state index is 0. The molecule has 1 aromatic rings. The Kier molecular flexibility index (Phi) is 4.52. The summed E-state index contributed by atoms with van der Waals surface area (Å²) in [6, 6.07) is 0.714. The molecule has 0 amide bonds. The lowest BCUT2D eigenvalue weighted by atomic mass is 10.1. The second-order valence-corrected chi connectivity index (χ2v) is 5.03. The lowest BCUT2D eigenvalue weighted by molar-refractivity contribution is 0.227. The van der Waals surface area contributed by atoms with E-state index in [9.17, 15) is 0 Å². The molecule has 5 nitrogen and oxygen atoms in total. The summed E-state index contributed by atoms with van der Waals surface area (Å²) in [5.74, 6) is 1.25. The SMILES string of the molecule is CCN(Cc1nc(C(C)(C)N)no1)C1CC1.Cl. The molecular formula is C11H21ClN4O. The van der Waals surface area contributed by atoms with Crippen LogP contribution in [0.25, 0.3) is 0 Å². The summed E-state index contributed by atoms with van der Waals surface area (Å²) >= 11 is 0. The monoisotopic (exact) mass is 260 g/mol. The van der Waals surface area contributed by atoms with Crippen molar-refractivity contribution in [2.45, 2.75) is 51.7 Å². The fourth-order valence-electron chi connectivity index (χ4n) is 1.69. The zero-order chi connectivity index (χ0) is 11.8. The summed E-state index contributed by atoms with van der Waals surface area (Å²) in [6.07, 6.45) is 2.58. The van der Waals surface area contributed by atoms with Gasteiger partial charge < -0.3 is 10.3 Å². The van der Waals surface area contributed by atoms with Crippen molar-refractivity contribution in [2.75, 3.05) is 6.54 Å². The second-order valence-electron chi connectivity index (χ2n) is 5.03. The van der Waals surface area contributed by atoms with Gasteiger partial charge in [-0.15, -0.1) is 12.4 Å². The molecule has 2 N–H and O–H groups in total. The molecule has 1 aliphatic carbocycles. The van der Waals surface area contributed by atoms with Crippen molar-refractivity contribution in [2.24, 2.45) is 5.73 Å². The van der Waals surface area contributed by atoms with E-state index in [0.29, 0.717) is 17.8 Å². The van der Waals surface area contributed by atoms with Gasteiger partial charge in [-0.25, -0.2) is 0 Å². The van der Waals surface area contributed by atoms with Crippen molar-refractivity contribution in [1.29, 1.82) is 0 Å². The summed E-state index contributed by atoms with van der Waals surface area (Å²) in [7, 11) is 0. The van der Waals surface area contributed by atoms with Crippen molar-refractivity contribution in [1.82, 2.24) is 15.0 Å². The van der Waals surface area contributed by atoms with Crippen molar-refractivity contribution >= 4 is 12.4 Å². The molecule has 0 atom stereocenters. The normalized spacial score (nSPS) is 16.1. The third kappa shape index (κ3) is 3.66. The predicted octanol–water partition coefficient (Wildman–Crippen LogP) is 1.67. The minimum Gasteiger partial charge on any atom is -0.338 e. The first-order chi connectivity index (χ1) is 7.50. The lowest BCUT2D eigenvalue weighted by Crippen LogP contribution is -2.30. The van der Waals surface area contributed by atoms with E-state index in [-0.39, 0.29) is 12.4 Å². The molecule has 1 heterocycles. The maximum absolute atomic E-state index is 5.91. The van der Waals surface area contributed by atoms with E-state index < -0.39 is 5.54 Å². The molecule has 1 saturated carbocycles. The number of halogens is 1. The standard InChI is InChI=1S/C11H20N4O.ClH/c1-4-15(8-5-6-8)7-9-13-10(14-16-9)11(2,3)12;/h8H,4-7,12H2,1-3H3;1H. The molecule has 1 aliphatic rings. The molecule has 0 radical (unpaired) electrons. The van der Waals surface area contributed by atoms with E-state index in [4.69, 9.17) is 10.3 Å². The quantitative estimate of drug-likeness (QED) is 0.872. The topological polar surface area (TPSA) is 68.2 Å². The van der Waals surface area contributed by atoms with Crippen LogP contribution < -0.4 is 5.73 Å². The maximum atomic E-state index is 5.91. The van der Waals surface area contributed by atoms with Crippen LogP contribution in [0.3, 0.4) is 0 Å². The molecule has 0 unspecified atom stereocenters. The Bertz CT molecular complexity index is 357.